The number of ether oxygens (including phenoxy) is 2. The Morgan fingerprint density at radius 3 is 2.65 bits per heavy atom. The van der Waals surface area contributed by atoms with Crippen LogP contribution in [0.1, 0.15) is 35.3 Å². The van der Waals surface area contributed by atoms with Crippen molar-refractivity contribution < 1.29 is 14.3 Å². The summed E-state index contributed by atoms with van der Waals surface area (Å²) in [5.41, 5.74) is 3.73. The Kier molecular flexibility index (Phi) is 5.37. The van der Waals surface area contributed by atoms with E-state index < -0.39 is 0 Å². The number of Topliss-reactive ketones (excluding diaryl/α,β-unsaturated/α-hetero) is 1. The minimum absolute atomic E-state index is 0.0916. The fourth-order valence-electron chi connectivity index (χ4n) is 2.69. The summed E-state index contributed by atoms with van der Waals surface area (Å²) in [7, 11) is 0. The quantitative estimate of drug-likeness (QED) is 0.529. The standard InChI is InChI=1S/C23H22O3/c1-16(2)12-13-25-19-14-17(3)22-21(15-19)26-20(23(22)24)11-7-10-18-8-5-4-6-9-18/h4-12,14-15H,13H2,1-3H3/b10-7+,20-11-. The highest BCUT2D eigenvalue weighted by atomic mass is 16.5. The summed E-state index contributed by atoms with van der Waals surface area (Å²) >= 11 is 0. The highest BCUT2D eigenvalue weighted by molar-refractivity contribution is 6.13. The van der Waals surface area contributed by atoms with Crippen LogP contribution in [0, 0.1) is 6.92 Å². The topological polar surface area (TPSA) is 35.5 Å². The SMILES string of the molecule is CC(C)=CCOc1cc(C)c2c(c1)O/C(=C\C=C\c1ccccc1)C2=O. The third kappa shape index (κ3) is 4.12. The first kappa shape index (κ1) is 17.7. The van der Waals surface area contributed by atoms with Gasteiger partial charge in [-0.1, -0.05) is 48.1 Å². The maximum absolute atomic E-state index is 12.6. The summed E-state index contributed by atoms with van der Waals surface area (Å²) < 4.78 is 11.5. The third-order valence-electron chi connectivity index (χ3n) is 4.02. The minimum Gasteiger partial charge on any atom is -0.489 e. The maximum Gasteiger partial charge on any atom is 0.232 e. The average molecular weight is 346 g/mol. The van der Waals surface area contributed by atoms with Gasteiger partial charge >= 0.3 is 0 Å². The van der Waals surface area contributed by atoms with Crippen molar-refractivity contribution in [3.05, 3.63) is 88.7 Å². The van der Waals surface area contributed by atoms with E-state index in [1.54, 1.807) is 12.1 Å². The second kappa shape index (κ2) is 7.87. The van der Waals surface area contributed by atoms with Crippen LogP contribution in [0.15, 0.2) is 72.0 Å². The van der Waals surface area contributed by atoms with Crippen molar-refractivity contribution in [2.45, 2.75) is 20.8 Å². The number of rotatable bonds is 5. The molecule has 1 heterocycles. The maximum atomic E-state index is 12.6. The van der Waals surface area contributed by atoms with Crippen molar-refractivity contribution in [2.24, 2.45) is 0 Å². The summed E-state index contributed by atoms with van der Waals surface area (Å²) in [6, 6.07) is 13.6. The fraction of sp³-hybridized carbons (Fsp3) is 0.174. The van der Waals surface area contributed by atoms with E-state index >= 15 is 0 Å². The van der Waals surface area contributed by atoms with Crippen LogP contribution in [0.3, 0.4) is 0 Å². The molecule has 0 amide bonds. The first-order valence-corrected chi connectivity index (χ1v) is 8.61. The van der Waals surface area contributed by atoms with Gasteiger partial charge in [0.2, 0.25) is 5.78 Å². The van der Waals surface area contributed by atoms with Crippen molar-refractivity contribution in [1.82, 2.24) is 0 Å². The fourth-order valence-corrected chi connectivity index (χ4v) is 2.69. The van der Waals surface area contributed by atoms with Crippen LogP contribution >= 0.6 is 0 Å². The van der Waals surface area contributed by atoms with Gasteiger partial charge in [-0.3, -0.25) is 4.79 Å². The molecule has 26 heavy (non-hydrogen) atoms. The number of aryl methyl sites for hydroxylation is 1. The molecule has 0 bridgehead atoms. The van der Waals surface area contributed by atoms with Gasteiger partial charge in [0, 0.05) is 6.07 Å². The first-order valence-electron chi connectivity index (χ1n) is 8.61. The Balaban J connectivity index is 1.77. The lowest BCUT2D eigenvalue weighted by molar-refractivity contribution is 0.101. The van der Waals surface area contributed by atoms with Gasteiger partial charge in [0.25, 0.3) is 0 Å². The third-order valence-corrected chi connectivity index (χ3v) is 4.02. The number of carbonyl (C=O) groups is 1. The number of carbonyl (C=O) groups excluding carboxylic acids is 1. The lowest BCUT2D eigenvalue weighted by atomic mass is 10.0. The van der Waals surface area contributed by atoms with Crippen LogP contribution in [0.4, 0.5) is 0 Å². The number of ketones is 1. The molecule has 0 spiro atoms. The monoisotopic (exact) mass is 346 g/mol. The van der Waals surface area contributed by atoms with Crippen LogP contribution in [-0.4, -0.2) is 12.4 Å². The van der Waals surface area contributed by atoms with Gasteiger partial charge in [0.1, 0.15) is 18.1 Å². The van der Waals surface area contributed by atoms with Gasteiger partial charge < -0.3 is 9.47 Å². The lowest BCUT2D eigenvalue weighted by Crippen LogP contribution is -1.99. The molecule has 1 aliphatic rings. The largest absolute Gasteiger partial charge is 0.489 e. The van der Waals surface area contributed by atoms with Crippen LogP contribution in [0.5, 0.6) is 11.5 Å². The number of hydrogen-bond acceptors (Lipinski definition) is 3. The predicted octanol–water partition coefficient (Wildman–Crippen LogP) is 5.51. The predicted molar refractivity (Wildman–Crippen MR) is 105 cm³/mol. The Hall–Kier alpha value is -3.07. The Morgan fingerprint density at radius 2 is 1.92 bits per heavy atom. The minimum atomic E-state index is -0.0916. The second-order valence-electron chi connectivity index (χ2n) is 6.44. The molecule has 0 saturated carbocycles. The van der Waals surface area contributed by atoms with E-state index in [-0.39, 0.29) is 5.78 Å². The zero-order chi connectivity index (χ0) is 18.5. The molecule has 0 aromatic heterocycles. The summed E-state index contributed by atoms with van der Waals surface area (Å²) in [5.74, 6) is 1.50. The zero-order valence-corrected chi connectivity index (χ0v) is 15.3. The molecule has 0 N–H and O–H groups in total. The van der Waals surface area contributed by atoms with Gasteiger partial charge in [-0.05, 0) is 50.1 Å². The summed E-state index contributed by atoms with van der Waals surface area (Å²) in [6.45, 7) is 6.45. The van der Waals surface area contributed by atoms with Crippen LogP contribution < -0.4 is 9.47 Å². The van der Waals surface area contributed by atoms with Gasteiger partial charge in [0.05, 0.1) is 5.56 Å². The van der Waals surface area contributed by atoms with E-state index in [1.165, 1.54) is 5.57 Å². The second-order valence-corrected chi connectivity index (χ2v) is 6.44. The van der Waals surface area contributed by atoms with Crippen LogP contribution in [0.2, 0.25) is 0 Å². The van der Waals surface area contributed by atoms with Gasteiger partial charge in [0.15, 0.2) is 5.76 Å². The molecule has 3 nitrogen and oxygen atoms in total. The van der Waals surface area contributed by atoms with Crippen LogP contribution in [0.25, 0.3) is 6.08 Å². The molecule has 3 rings (SSSR count). The molecule has 0 unspecified atom stereocenters. The summed E-state index contributed by atoms with van der Waals surface area (Å²) in [4.78, 5) is 12.6. The van der Waals surface area contributed by atoms with E-state index in [9.17, 15) is 4.79 Å². The lowest BCUT2D eigenvalue weighted by Gasteiger charge is -2.07. The molecule has 1 aliphatic heterocycles. The van der Waals surface area contributed by atoms with E-state index in [4.69, 9.17) is 9.47 Å². The highest BCUT2D eigenvalue weighted by Gasteiger charge is 2.29. The molecule has 0 saturated heterocycles. The van der Waals surface area contributed by atoms with E-state index in [0.717, 1.165) is 11.1 Å². The molecule has 0 aliphatic carbocycles. The molecule has 2 aromatic carbocycles. The highest BCUT2D eigenvalue weighted by Crippen LogP contribution is 2.37. The van der Waals surface area contributed by atoms with Crippen molar-refractivity contribution in [3.8, 4) is 11.5 Å². The number of hydrogen-bond donors (Lipinski definition) is 0. The molecular weight excluding hydrogens is 324 g/mol. The molecule has 2 aromatic rings. The summed E-state index contributed by atoms with van der Waals surface area (Å²) in [5, 5.41) is 0. The van der Waals surface area contributed by atoms with E-state index in [2.05, 4.69) is 0 Å². The molecule has 0 fully saturated rings. The van der Waals surface area contributed by atoms with Gasteiger partial charge in [-0.15, -0.1) is 0 Å². The molecule has 132 valence electrons. The molecular formula is C23H22O3. The molecule has 3 heteroatoms. The number of fused-ring (bicyclic) bond motifs is 1. The zero-order valence-electron chi connectivity index (χ0n) is 15.3. The van der Waals surface area contributed by atoms with Crippen LogP contribution in [-0.2, 0) is 0 Å². The number of allylic oxidation sites excluding steroid dienone is 4. The Labute approximate surface area is 154 Å². The Morgan fingerprint density at radius 1 is 1.15 bits per heavy atom. The van der Waals surface area contributed by atoms with E-state index in [1.807, 2.05) is 75.4 Å². The van der Waals surface area contributed by atoms with Gasteiger partial charge in [-0.25, -0.2) is 0 Å². The van der Waals surface area contributed by atoms with Crippen molar-refractivity contribution in [3.63, 3.8) is 0 Å². The molecule has 0 radical (unpaired) electrons. The average Bonchev–Trinajstić information content (AvgIpc) is 2.92. The first-order chi connectivity index (χ1) is 12.5. The number of benzene rings is 2. The normalized spacial score (nSPS) is 14.4. The van der Waals surface area contributed by atoms with Crippen molar-refractivity contribution >= 4 is 11.9 Å². The summed E-state index contributed by atoms with van der Waals surface area (Å²) in [6.07, 6.45) is 7.48. The molecule has 0 atom stereocenters. The van der Waals surface area contributed by atoms with Crippen molar-refractivity contribution in [2.75, 3.05) is 6.61 Å². The van der Waals surface area contributed by atoms with E-state index in [0.29, 0.717) is 29.4 Å². The van der Waals surface area contributed by atoms with Crippen molar-refractivity contribution in [1.29, 1.82) is 0 Å². The smallest absolute Gasteiger partial charge is 0.232 e. The Bertz CT molecular complexity index is 899. The van der Waals surface area contributed by atoms with Gasteiger partial charge in [-0.2, -0.15) is 0 Å².